The maximum absolute atomic E-state index is 6.47. The van der Waals surface area contributed by atoms with E-state index < -0.39 is 0 Å². The van der Waals surface area contributed by atoms with Crippen molar-refractivity contribution in [3.05, 3.63) is 83.3 Å². The largest absolute Gasteiger partial charge is 0.339 e. The highest BCUT2D eigenvalue weighted by molar-refractivity contribution is 6.33. The predicted octanol–water partition coefficient (Wildman–Crippen LogP) is 4.79. The fourth-order valence-electron chi connectivity index (χ4n) is 3.10. The second-order valence-corrected chi connectivity index (χ2v) is 6.78. The fraction of sp³-hybridized carbons (Fsp3) is 0.0476. The van der Waals surface area contributed by atoms with Crippen molar-refractivity contribution < 1.29 is 0 Å². The molecule has 0 atom stereocenters. The molecule has 7 heteroatoms. The molecule has 2 N–H and O–H groups in total. The molecule has 0 aliphatic carbocycles. The molecule has 0 fully saturated rings. The van der Waals surface area contributed by atoms with Gasteiger partial charge in [0, 0.05) is 29.0 Å². The summed E-state index contributed by atoms with van der Waals surface area (Å²) in [6, 6.07) is 17.4. The Morgan fingerprint density at radius 1 is 0.929 bits per heavy atom. The van der Waals surface area contributed by atoms with Crippen molar-refractivity contribution in [1.82, 2.24) is 15.0 Å². The molecule has 0 saturated carbocycles. The zero-order valence-electron chi connectivity index (χ0n) is 14.7. The Bertz CT molecular complexity index is 1220. The number of pyridine rings is 1. The zero-order valence-corrected chi connectivity index (χ0v) is 15.5. The van der Waals surface area contributed by atoms with E-state index in [1.54, 1.807) is 12.4 Å². The summed E-state index contributed by atoms with van der Waals surface area (Å²) in [6.07, 6.45) is 3.56. The summed E-state index contributed by atoms with van der Waals surface area (Å²) in [5.41, 5.74) is 4.44. The molecule has 0 saturated heterocycles. The van der Waals surface area contributed by atoms with Crippen molar-refractivity contribution in [2.75, 3.05) is 10.6 Å². The second-order valence-electron chi connectivity index (χ2n) is 6.37. The van der Waals surface area contributed by atoms with Crippen LogP contribution in [0.4, 0.5) is 17.3 Å². The highest BCUT2D eigenvalue weighted by atomic mass is 35.5. The highest BCUT2D eigenvalue weighted by Crippen LogP contribution is 2.28. The normalized spacial score (nSPS) is 12.5. The lowest BCUT2D eigenvalue weighted by Crippen LogP contribution is -2.13. The molecule has 2 aromatic carbocycles. The van der Waals surface area contributed by atoms with E-state index in [-0.39, 0.29) is 0 Å². The summed E-state index contributed by atoms with van der Waals surface area (Å²) >= 11 is 6.47. The maximum atomic E-state index is 6.47. The van der Waals surface area contributed by atoms with Crippen LogP contribution in [0.5, 0.6) is 0 Å². The van der Waals surface area contributed by atoms with E-state index >= 15 is 0 Å². The fourth-order valence-corrected chi connectivity index (χ4v) is 3.33. The molecule has 3 heterocycles. The summed E-state index contributed by atoms with van der Waals surface area (Å²) in [5, 5.41) is 8.02. The number of anilines is 3. The third kappa shape index (κ3) is 3.14. The van der Waals surface area contributed by atoms with Gasteiger partial charge in [-0.05, 0) is 30.3 Å². The van der Waals surface area contributed by atoms with Gasteiger partial charge in [-0.15, -0.1) is 0 Å². The molecular formula is C21H15ClN6. The smallest absolute Gasteiger partial charge is 0.227 e. The number of benzene rings is 2. The van der Waals surface area contributed by atoms with Gasteiger partial charge in [-0.1, -0.05) is 35.9 Å². The number of rotatable bonds is 3. The molecule has 2 aromatic heterocycles. The topological polar surface area (TPSA) is 75.1 Å². The van der Waals surface area contributed by atoms with E-state index in [1.807, 2.05) is 54.6 Å². The molecule has 136 valence electrons. The molecular weight excluding hydrogens is 372 g/mol. The Kier molecular flexibility index (Phi) is 4.10. The number of nitrogens with one attached hydrogen (secondary N) is 2. The van der Waals surface area contributed by atoms with Crippen LogP contribution in [0, 0.1) is 0 Å². The van der Waals surface area contributed by atoms with Crippen LogP contribution in [0.15, 0.2) is 72.0 Å². The zero-order chi connectivity index (χ0) is 18.9. The van der Waals surface area contributed by atoms with E-state index in [2.05, 4.69) is 30.6 Å². The Morgan fingerprint density at radius 3 is 2.79 bits per heavy atom. The van der Waals surface area contributed by atoms with Crippen LogP contribution in [-0.2, 0) is 6.54 Å². The third-order valence-electron chi connectivity index (χ3n) is 4.49. The van der Waals surface area contributed by atoms with Crippen molar-refractivity contribution in [3.63, 3.8) is 0 Å². The Labute approximate surface area is 166 Å². The van der Waals surface area contributed by atoms with Gasteiger partial charge in [-0.25, -0.2) is 9.97 Å². The monoisotopic (exact) mass is 386 g/mol. The summed E-state index contributed by atoms with van der Waals surface area (Å²) in [5.74, 6) is 1.25. The third-order valence-corrected chi connectivity index (χ3v) is 4.80. The van der Waals surface area contributed by atoms with Crippen molar-refractivity contribution >= 4 is 45.7 Å². The number of fused-ring (bicyclic) bond motifs is 2. The van der Waals surface area contributed by atoms with Crippen molar-refractivity contribution in [3.8, 4) is 0 Å². The van der Waals surface area contributed by atoms with Gasteiger partial charge in [0.25, 0.3) is 0 Å². The summed E-state index contributed by atoms with van der Waals surface area (Å²) in [4.78, 5) is 17.8. The maximum Gasteiger partial charge on any atom is 0.227 e. The van der Waals surface area contributed by atoms with E-state index in [0.717, 1.165) is 39.4 Å². The van der Waals surface area contributed by atoms with Gasteiger partial charge < -0.3 is 10.6 Å². The van der Waals surface area contributed by atoms with Gasteiger partial charge in [0.2, 0.25) is 5.95 Å². The van der Waals surface area contributed by atoms with Gasteiger partial charge in [0.1, 0.15) is 5.69 Å². The van der Waals surface area contributed by atoms with Crippen molar-refractivity contribution in [2.45, 2.75) is 6.54 Å². The number of halogens is 1. The molecule has 1 aliphatic rings. The molecule has 5 rings (SSSR count). The summed E-state index contributed by atoms with van der Waals surface area (Å²) in [7, 11) is 0. The number of aromatic nitrogens is 3. The van der Waals surface area contributed by atoms with Gasteiger partial charge in [0.05, 0.1) is 22.8 Å². The molecule has 6 nitrogen and oxygen atoms in total. The number of nitrogens with zero attached hydrogens (tertiary/aromatic N) is 4. The first kappa shape index (κ1) is 16.6. The predicted molar refractivity (Wildman–Crippen MR) is 112 cm³/mol. The first-order chi connectivity index (χ1) is 13.8. The van der Waals surface area contributed by atoms with Gasteiger partial charge >= 0.3 is 0 Å². The number of para-hydroxylation sites is 1. The van der Waals surface area contributed by atoms with Gasteiger partial charge in [-0.3, -0.25) is 9.98 Å². The molecule has 1 aliphatic heterocycles. The lowest BCUT2D eigenvalue weighted by atomic mass is 10.2. The average Bonchev–Trinajstić information content (AvgIpc) is 3.13. The average molecular weight is 387 g/mol. The van der Waals surface area contributed by atoms with Crippen LogP contribution in [0.25, 0.3) is 10.9 Å². The first-order valence-corrected chi connectivity index (χ1v) is 9.18. The lowest BCUT2D eigenvalue weighted by molar-refractivity contribution is 1.09. The first-order valence-electron chi connectivity index (χ1n) is 8.80. The molecule has 28 heavy (non-hydrogen) atoms. The van der Waals surface area contributed by atoms with E-state index in [4.69, 9.17) is 11.6 Å². The lowest BCUT2D eigenvalue weighted by Gasteiger charge is -2.11. The SMILES string of the molecule is Clc1cc(NC2=NCc3cccnc32)ccc1Nc1ncc2ccccc2n1. The molecule has 0 unspecified atom stereocenters. The molecule has 0 amide bonds. The van der Waals surface area contributed by atoms with Crippen LogP contribution in [0.3, 0.4) is 0 Å². The Hall–Kier alpha value is -3.51. The van der Waals surface area contributed by atoms with Gasteiger partial charge in [-0.2, -0.15) is 0 Å². The Balaban J connectivity index is 1.36. The number of aliphatic imine (C=N–C) groups is 1. The van der Waals surface area contributed by atoms with E-state index in [9.17, 15) is 0 Å². The van der Waals surface area contributed by atoms with Crippen LogP contribution in [-0.4, -0.2) is 20.8 Å². The Morgan fingerprint density at radius 2 is 1.86 bits per heavy atom. The molecule has 4 aromatic rings. The quantitative estimate of drug-likeness (QED) is 0.529. The van der Waals surface area contributed by atoms with Crippen LogP contribution >= 0.6 is 11.6 Å². The van der Waals surface area contributed by atoms with E-state index in [1.165, 1.54) is 0 Å². The molecule has 0 bridgehead atoms. The number of hydrogen-bond donors (Lipinski definition) is 2. The van der Waals surface area contributed by atoms with Gasteiger partial charge in [0.15, 0.2) is 5.84 Å². The van der Waals surface area contributed by atoms with Crippen molar-refractivity contribution in [1.29, 1.82) is 0 Å². The molecule has 0 spiro atoms. The van der Waals surface area contributed by atoms with Crippen LogP contribution in [0.2, 0.25) is 5.02 Å². The summed E-state index contributed by atoms with van der Waals surface area (Å²) in [6.45, 7) is 0.637. The second kappa shape index (κ2) is 6.90. The van der Waals surface area contributed by atoms with E-state index in [0.29, 0.717) is 17.5 Å². The van der Waals surface area contributed by atoms with Crippen molar-refractivity contribution in [2.24, 2.45) is 4.99 Å². The highest BCUT2D eigenvalue weighted by Gasteiger charge is 2.17. The standard InChI is InChI=1S/C21H15ClN6/c22-16-10-15(26-20-19-14(12-24-20)5-3-9-23-19)7-8-18(16)28-21-25-11-13-4-1-2-6-17(13)27-21/h1-11H,12H2,(H,24,26)(H,25,27,28). The summed E-state index contributed by atoms with van der Waals surface area (Å²) < 4.78 is 0. The minimum Gasteiger partial charge on any atom is -0.339 e. The number of hydrogen-bond acceptors (Lipinski definition) is 6. The molecule has 0 radical (unpaired) electrons. The van der Waals surface area contributed by atoms with Crippen LogP contribution in [0.1, 0.15) is 11.3 Å². The van der Waals surface area contributed by atoms with Crippen LogP contribution < -0.4 is 10.6 Å². The minimum absolute atomic E-state index is 0.500. The minimum atomic E-state index is 0.500. The number of amidine groups is 1.